The number of amides is 1. The molecule has 9 nitrogen and oxygen atoms in total. The Labute approximate surface area is 204 Å². The normalized spacial score (nSPS) is 24.9. The largest absolute Gasteiger partial charge is 0.383 e. The summed E-state index contributed by atoms with van der Waals surface area (Å²) in [5, 5.41) is 16.1. The summed E-state index contributed by atoms with van der Waals surface area (Å²) in [7, 11) is 0. The molecule has 1 amide bonds. The Kier molecular flexibility index (Phi) is 4.87. The molecule has 3 aromatic heterocycles. The summed E-state index contributed by atoms with van der Waals surface area (Å²) in [6.07, 6.45) is 2.21. The number of anilines is 2. The van der Waals surface area contributed by atoms with Crippen LogP contribution in [-0.2, 0) is 11.3 Å². The fourth-order valence-corrected chi connectivity index (χ4v) is 5.84. The molecule has 4 heterocycles. The molecule has 174 valence electrons. The highest BCUT2D eigenvalue weighted by atomic mass is 79.9. The lowest BCUT2D eigenvalue weighted by molar-refractivity contribution is -0.126. The van der Waals surface area contributed by atoms with Crippen LogP contribution >= 0.6 is 15.9 Å². The summed E-state index contributed by atoms with van der Waals surface area (Å²) < 4.78 is 2.62. The van der Waals surface area contributed by atoms with Crippen molar-refractivity contribution in [2.45, 2.75) is 44.6 Å². The number of hydrogen-bond donors (Lipinski definition) is 3. The molecule has 1 aromatic carbocycles. The number of carbonyl (C=O) groups is 1. The first kappa shape index (κ1) is 21.5. The molecule has 1 unspecified atom stereocenters. The van der Waals surface area contributed by atoms with Crippen LogP contribution in [0, 0.1) is 5.41 Å². The van der Waals surface area contributed by atoms with E-state index in [2.05, 4.69) is 43.1 Å². The summed E-state index contributed by atoms with van der Waals surface area (Å²) in [6, 6.07) is 12.9. The second-order valence-electron chi connectivity index (χ2n) is 9.44. The van der Waals surface area contributed by atoms with Gasteiger partial charge in [0.2, 0.25) is 5.91 Å². The van der Waals surface area contributed by atoms with Crippen molar-refractivity contribution in [2.24, 2.45) is 5.41 Å². The van der Waals surface area contributed by atoms with Gasteiger partial charge in [0.25, 0.3) is 0 Å². The van der Waals surface area contributed by atoms with Crippen LogP contribution in [0.3, 0.4) is 0 Å². The maximum Gasteiger partial charge on any atom is 0.242 e. The summed E-state index contributed by atoms with van der Waals surface area (Å²) in [5.74, 6) is 0.727. The standard InChI is InChI=1S/C24H24BrN7O2/c1-24-9-15(23(34)30-18-8-4-7-17(25)29-18)32(16(24)10-24)19(33)11-31-14-6-3-2-5-13(14)20-21(26)27-12-28-22(20)31/h2-8,12,15-16,19,33H,9-11H2,1H3,(H2,26,27,28)(H,29,30,34)/t15-,16+,19?,24-/m0/s1. The molecule has 2 aliphatic rings. The highest BCUT2D eigenvalue weighted by molar-refractivity contribution is 9.10. The van der Waals surface area contributed by atoms with Gasteiger partial charge in [-0.15, -0.1) is 0 Å². The molecular formula is C24H24BrN7O2. The van der Waals surface area contributed by atoms with E-state index in [0.717, 1.165) is 22.7 Å². The van der Waals surface area contributed by atoms with Gasteiger partial charge in [0.15, 0.2) is 0 Å². The third-order valence-corrected chi connectivity index (χ3v) is 7.66. The number of hydrogen-bond acceptors (Lipinski definition) is 7. The van der Waals surface area contributed by atoms with Crippen LogP contribution in [0.4, 0.5) is 11.6 Å². The van der Waals surface area contributed by atoms with Crippen molar-refractivity contribution in [1.82, 2.24) is 24.4 Å². The zero-order chi connectivity index (χ0) is 23.6. The number of likely N-dealkylation sites (tertiary alicyclic amines) is 1. The predicted octanol–water partition coefficient (Wildman–Crippen LogP) is 3.13. The van der Waals surface area contributed by atoms with Crippen LogP contribution in [-0.4, -0.2) is 53.7 Å². The van der Waals surface area contributed by atoms with Crippen molar-refractivity contribution in [3.05, 3.63) is 53.4 Å². The fourth-order valence-electron chi connectivity index (χ4n) is 5.49. The highest BCUT2D eigenvalue weighted by Gasteiger charge is 2.64. The van der Waals surface area contributed by atoms with E-state index in [1.165, 1.54) is 6.33 Å². The Morgan fingerprint density at radius 2 is 2.09 bits per heavy atom. The number of nitrogens with zero attached hydrogens (tertiary/aromatic N) is 5. The number of nitrogens with two attached hydrogens (primary N) is 1. The molecule has 0 radical (unpaired) electrons. The smallest absolute Gasteiger partial charge is 0.242 e. The molecule has 1 saturated carbocycles. The number of aliphatic hydroxyl groups excluding tert-OH is 1. The summed E-state index contributed by atoms with van der Waals surface area (Å²) in [5.41, 5.74) is 7.80. The van der Waals surface area contributed by atoms with E-state index in [1.807, 2.05) is 39.8 Å². The van der Waals surface area contributed by atoms with E-state index in [9.17, 15) is 9.90 Å². The second-order valence-corrected chi connectivity index (χ2v) is 10.3. The molecule has 1 aliphatic heterocycles. The summed E-state index contributed by atoms with van der Waals surface area (Å²) in [6.45, 7) is 2.43. The topological polar surface area (TPSA) is 122 Å². The van der Waals surface area contributed by atoms with E-state index in [1.54, 1.807) is 12.1 Å². The number of aliphatic hydroxyl groups is 1. The molecule has 0 spiro atoms. The summed E-state index contributed by atoms with van der Waals surface area (Å²) in [4.78, 5) is 28.2. The minimum absolute atomic E-state index is 0.0289. The van der Waals surface area contributed by atoms with Crippen molar-refractivity contribution in [2.75, 3.05) is 11.1 Å². The number of carbonyl (C=O) groups excluding carboxylic acids is 1. The molecule has 4 aromatic rings. The van der Waals surface area contributed by atoms with E-state index >= 15 is 0 Å². The van der Waals surface area contributed by atoms with Gasteiger partial charge in [0, 0.05) is 11.4 Å². The van der Waals surface area contributed by atoms with Crippen LogP contribution < -0.4 is 11.1 Å². The van der Waals surface area contributed by atoms with Gasteiger partial charge in [-0.2, -0.15) is 0 Å². The third-order valence-electron chi connectivity index (χ3n) is 7.22. The monoisotopic (exact) mass is 521 g/mol. The van der Waals surface area contributed by atoms with Gasteiger partial charge in [0.05, 0.1) is 23.5 Å². The van der Waals surface area contributed by atoms with Gasteiger partial charge in [-0.25, -0.2) is 15.0 Å². The van der Waals surface area contributed by atoms with Crippen LogP contribution in [0.5, 0.6) is 0 Å². The number of pyridine rings is 1. The lowest BCUT2D eigenvalue weighted by atomic mass is 10.0. The van der Waals surface area contributed by atoms with Gasteiger partial charge in [-0.1, -0.05) is 31.2 Å². The second kappa shape index (κ2) is 7.72. The van der Waals surface area contributed by atoms with E-state index < -0.39 is 12.3 Å². The number of halogens is 1. The molecule has 4 atom stereocenters. The molecule has 4 N–H and O–H groups in total. The molecule has 1 saturated heterocycles. The number of rotatable bonds is 5. The quantitative estimate of drug-likeness (QED) is 0.344. The van der Waals surface area contributed by atoms with Gasteiger partial charge in [0.1, 0.15) is 34.4 Å². The number of para-hydroxylation sites is 1. The highest BCUT2D eigenvalue weighted by Crippen LogP contribution is 2.59. The predicted molar refractivity (Wildman–Crippen MR) is 133 cm³/mol. The number of fused-ring (bicyclic) bond motifs is 4. The lowest BCUT2D eigenvalue weighted by Gasteiger charge is -2.31. The number of nitrogen functional groups attached to an aromatic ring is 1. The lowest BCUT2D eigenvalue weighted by Crippen LogP contribution is -2.49. The van der Waals surface area contributed by atoms with E-state index in [-0.39, 0.29) is 23.9 Å². The van der Waals surface area contributed by atoms with Crippen molar-refractivity contribution in [3.8, 4) is 0 Å². The van der Waals surface area contributed by atoms with Gasteiger partial charge >= 0.3 is 0 Å². The molecule has 2 fully saturated rings. The van der Waals surface area contributed by atoms with E-state index in [4.69, 9.17) is 5.73 Å². The fraction of sp³-hybridized carbons (Fsp3) is 0.333. The van der Waals surface area contributed by atoms with Gasteiger partial charge < -0.3 is 20.7 Å². The van der Waals surface area contributed by atoms with Gasteiger partial charge in [-0.3, -0.25) is 9.69 Å². The van der Waals surface area contributed by atoms with Gasteiger partial charge in [-0.05, 0) is 52.4 Å². The Morgan fingerprint density at radius 1 is 1.26 bits per heavy atom. The van der Waals surface area contributed by atoms with Crippen molar-refractivity contribution in [1.29, 1.82) is 0 Å². The number of benzene rings is 1. The zero-order valence-corrected chi connectivity index (χ0v) is 20.1. The molecular weight excluding hydrogens is 498 g/mol. The maximum absolute atomic E-state index is 13.3. The van der Waals surface area contributed by atoms with Crippen molar-refractivity contribution >= 4 is 55.4 Å². The van der Waals surface area contributed by atoms with Crippen LogP contribution in [0.25, 0.3) is 21.9 Å². The molecule has 1 aliphatic carbocycles. The Bertz CT molecular complexity index is 1440. The minimum atomic E-state index is -0.879. The number of piperidine rings is 1. The Balaban J connectivity index is 1.33. The first-order valence-corrected chi connectivity index (χ1v) is 12.0. The van der Waals surface area contributed by atoms with Crippen LogP contribution in [0.2, 0.25) is 0 Å². The molecule has 10 heteroatoms. The van der Waals surface area contributed by atoms with Crippen molar-refractivity contribution < 1.29 is 9.90 Å². The summed E-state index contributed by atoms with van der Waals surface area (Å²) >= 11 is 3.34. The average molecular weight is 522 g/mol. The van der Waals surface area contributed by atoms with E-state index in [0.29, 0.717) is 28.3 Å². The number of aromatic nitrogens is 4. The molecule has 34 heavy (non-hydrogen) atoms. The van der Waals surface area contributed by atoms with Crippen LogP contribution in [0.1, 0.15) is 19.8 Å². The Hall–Kier alpha value is -3.08. The maximum atomic E-state index is 13.3. The zero-order valence-electron chi connectivity index (χ0n) is 18.5. The first-order chi connectivity index (χ1) is 16.4. The van der Waals surface area contributed by atoms with Crippen LogP contribution in [0.15, 0.2) is 53.4 Å². The molecule has 0 bridgehead atoms. The SMILES string of the molecule is C[C@@]12C[C@@H](C(=O)Nc3cccc(Br)n3)N(C(O)Cn3c4ccccc4c4c(N)ncnc43)[C@@H]1C2. The average Bonchev–Trinajstić information content (AvgIpc) is 3.21. The third kappa shape index (κ3) is 3.36. The molecule has 6 rings (SSSR count). The minimum Gasteiger partial charge on any atom is -0.383 e. The number of nitrogens with one attached hydrogen (secondary N) is 1. The Morgan fingerprint density at radius 3 is 2.91 bits per heavy atom. The first-order valence-electron chi connectivity index (χ1n) is 11.2. The van der Waals surface area contributed by atoms with Crippen molar-refractivity contribution in [3.63, 3.8) is 0 Å².